The molecule has 0 radical (unpaired) electrons. The number of aromatic nitrogens is 2. The molecular weight excluding hydrogens is 208 g/mol. The summed E-state index contributed by atoms with van der Waals surface area (Å²) >= 11 is 0. The van der Waals surface area contributed by atoms with Crippen LogP contribution < -0.4 is 22.3 Å². The van der Waals surface area contributed by atoms with Gasteiger partial charge in [-0.1, -0.05) is 0 Å². The number of hydrogen-bond donors (Lipinski definition) is 4. The second kappa shape index (κ2) is 4.75. The molecule has 0 aliphatic rings. The Morgan fingerprint density at radius 1 is 1.31 bits per heavy atom. The minimum Gasteiger partial charge on any atom is -0.368 e. The average Bonchev–Trinajstić information content (AvgIpc) is 2.22. The highest BCUT2D eigenvalue weighted by atomic mass is 16.1. The Hall–Kier alpha value is -1.89. The molecule has 0 aliphatic heterocycles. The fraction of sp³-hybridized carbons (Fsp3) is 0.444. The normalized spacial score (nSPS) is 12.0. The Kier molecular flexibility index (Phi) is 3.62. The molecule has 1 unspecified atom stereocenters. The molecule has 1 rings (SSSR count). The Balaban J connectivity index is 3.04. The van der Waals surface area contributed by atoms with E-state index in [0.717, 1.165) is 5.56 Å². The molecule has 0 aromatic carbocycles. The number of nitrogens with zero attached hydrogens (tertiary/aromatic N) is 2. The Morgan fingerprint density at radius 2 is 1.88 bits per heavy atom. The lowest BCUT2D eigenvalue weighted by Gasteiger charge is -2.15. The van der Waals surface area contributed by atoms with E-state index < -0.39 is 11.9 Å². The van der Waals surface area contributed by atoms with Crippen molar-refractivity contribution < 1.29 is 4.79 Å². The summed E-state index contributed by atoms with van der Waals surface area (Å²) in [7, 11) is 0. The predicted octanol–water partition coefficient (Wildman–Crippen LogP) is -0.335. The molecule has 1 aromatic heterocycles. The molecule has 7 heteroatoms. The summed E-state index contributed by atoms with van der Waals surface area (Å²) in [4.78, 5) is 19.2. The van der Waals surface area contributed by atoms with Crippen molar-refractivity contribution in [3.05, 3.63) is 11.4 Å². The number of amides is 1. The third-order valence-electron chi connectivity index (χ3n) is 2.17. The van der Waals surface area contributed by atoms with Crippen molar-refractivity contribution in [1.29, 1.82) is 0 Å². The van der Waals surface area contributed by atoms with E-state index in [-0.39, 0.29) is 0 Å². The van der Waals surface area contributed by atoms with Gasteiger partial charge in [0, 0.05) is 5.56 Å². The number of nitrogens with one attached hydrogen (secondary N) is 2. The van der Waals surface area contributed by atoms with E-state index in [4.69, 9.17) is 11.6 Å². The van der Waals surface area contributed by atoms with Gasteiger partial charge in [0.2, 0.25) is 5.91 Å². The summed E-state index contributed by atoms with van der Waals surface area (Å²) in [5, 5.41) is 2.90. The van der Waals surface area contributed by atoms with Crippen LogP contribution in [0, 0.1) is 13.8 Å². The van der Waals surface area contributed by atoms with Gasteiger partial charge in [-0.05, 0) is 20.8 Å². The van der Waals surface area contributed by atoms with Crippen molar-refractivity contribution in [2.24, 2.45) is 11.6 Å². The molecule has 0 fully saturated rings. The summed E-state index contributed by atoms with van der Waals surface area (Å²) in [6, 6.07) is -0.501. The van der Waals surface area contributed by atoms with Crippen LogP contribution in [-0.2, 0) is 4.79 Å². The van der Waals surface area contributed by atoms with Crippen LogP contribution in [-0.4, -0.2) is 21.9 Å². The first kappa shape index (κ1) is 12.2. The number of nitrogens with two attached hydrogens (primary N) is 2. The van der Waals surface area contributed by atoms with Crippen molar-refractivity contribution in [1.82, 2.24) is 9.97 Å². The first-order valence-corrected chi connectivity index (χ1v) is 4.83. The highest BCUT2D eigenvalue weighted by Gasteiger charge is 2.13. The number of aryl methyl sites for hydroxylation is 1. The highest BCUT2D eigenvalue weighted by Crippen LogP contribution is 2.19. The van der Waals surface area contributed by atoms with E-state index in [0.29, 0.717) is 17.5 Å². The quantitative estimate of drug-likeness (QED) is 0.410. The van der Waals surface area contributed by atoms with Crippen LogP contribution in [0.1, 0.15) is 18.3 Å². The summed E-state index contributed by atoms with van der Waals surface area (Å²) in [6.07, 6.45) is 0. The van der Waals surface area contributed by atoms with Gasteiger partial charge >= 0.3 is 0 Å². The first-order chi connectivity index (χ1) is 7.45. The third kappa shape index (κ3) is 2.57. The highest BCUT2D eigenvalue weighted by molar-refractivity contribution is 5.82. The molecule has 16 heavy (non-hydrogen) atoms. The minimum atomic E-state index is -0.501. The van der Waals surface area contributed by atoms with E-state index in [1.807, 2.05) is 0 Å². The summed E-state index contributed by atoms with van der Waals surface area (Å²) < 4.78 is 0. The van der Waals surface area contributed by atoms with E-state index >= 15 is 0 Å². The maximum atomic E-state index is 10.9. The zero-order chi connectivity index (χ0) is 12.3. The second-order valence-corrected chi connectivity index (χ2v) is 3.51. The largest absolute Gasteiger partial charge is 0.368 e. The molecule has 7 nitrogen and oxygen atoms in total. The van der Waals surface area contributed by atoms with Crippen LogP contribution in [0.4, 0.5) is 11.6 Å². The maximum Gasteiger partial charge on any atom is 0.239 e. The topological polar surface area (TPSA) is 119 Å². The molecule has 6 N–H and O–H groups in total. The van der Waals surface area contributed by atoms with Gasteiger partial charge in [0.25, 0.3) is 0 Å². The molecule has 1 heterocycles. The Labute approximate surface area is 93.6 Å². The van der Waals surface area contributed by atoms with Crippen LogP contribution in [0.15, 0.2) is 0 Å². The van der Waals surface area contributed by atoms with Crippen LogP contribution in [0.25, 0.3) is 0 Å². The fourth-order valence-electron chi connectivity index (χ4n) is 1.19. The molecule has 0 aliphatic carbocycles. The van der Waals surface area contributed by atoms with Crippen LogP contribution >= 0.6 is 0 Å². The number of rotatable bonds is 4. The van der Waals surface area contributed by atoms with Gasteiger partial charge in [-0.2, -0.15) is 0 Å². The van der Waals surface area contributed by atoms with Crippen molar-refractivity contribution in [2.75, 3.05) is 10.7 Å². The number of hydrazine groups is 1. The van der Waals surface area contributed by atoms with Gasteiger partial charge in [0.1, 0.15) is 23.5 Å². The lowest BCUT2D eigenvalue weighted by atomic mass is 10.2. The SMILES string of the molecule is Cc1nc(NN)c(C)c(NC(C)C(N)=O)n1. The lowest BCUT2D eigenvalue weighted by molar-refractivity contribution is -0.118. The molecule has 0 bridgehead atoms. The molecule has 0 saturated heterocycles. The van der Waals surface area contributed by atoms with E-state index in [9.17, 15) is 4.79 Å². The standard InChI is InChI=1S/C9H16N6O/c1-4-8(12-5(2)7(10)16)13-6(3)14-9(4)15-11/h5H,11H2,1-3H3,(H2,10,16)(H2,12,13,14,15). The predicted molar refractivity (Wildman–Crippen MR) is 61.6 cm³/mol. The fourth-order valence-corrected chi connectivity index (χ4v) is 1.19. The van der Waals surface area contributed by atoms with E-state index in [2.05, 4.69) is 20.7 Å². The zero-order valence-electron chi connectivity index (χ0n) is 9.53. The van der Waals surface area contributed by atoms with Gasteiger partial charge in [0.05, 0.1) is 0 Å². The zero-order valence-corrected chi connectivity index (χ0v) is 9.53. The second-order valence-electron chi connectivity index (χ2n) is 3.51. The number of hydrogen-bond acceptors (Lipinski definition) is 6. The average molecular weight is 224 g/mol. The van der Waals surface area contributed by atoms with Gasteiger partial charge in [-0.15, -0.1) is 0 Å². The van der Waals surface area contributed by atoms with Crippen LogP contribution in [0.5, 0.6) is 0 Å². The third-order valence-corrected chi connectivity index (χ3v) is 2.17. The number of carbonyl (C=O) groups excluding carboxylic acids is 1. The van der Waals surface area contributed by atoms with Crippen LogP contribution in [0.3, 0.4) is 0 Å². The monoisotopic (exact) mass is 224 g/mol. The summed E-state index contributed by atoms with van der Waals surface area (Å²) in [5.74, 6) is 6.49. The first-order valence-electron chi connectivity index (χ1n) is 4.83. The molecule has 1 atom stereocenters. The van der Waals surface area contributed by atoms with E-state index in [1.165, 1.54) is 0 Å². The minimum absolute atomic E-state index is 0.446. The van der Waals surface area contributed by atoms with Crippen molar-refractivity contribution >= 4 is 17.5 Å². The summed E-state index contributed by atoms with van der Waals surface area (Å²) in [6.45, 7) is 5.19. The van der Waals surface area contributed by atoms with Crippen molar-refractivity contribution in [3.8, 4) is 0 Å². The molecule has 0 spiro atoms. The maximum absolute atomic E-state index is 10.9. The number of carbonyl (C=O) groups is 1. The Morgan fingerprint density at radius 3 is 2.38 bits per heavy atom. The number of nitrogen functional groups attached to an aromatic ring is 1. The van der Waals surface area contributed by atoms with Gasteiger partial charge < -0.3 is 16.5 Å². The molecule has 88 valence electrons. The Bertz CT molecular complexity index is 405. The smallest absolute Gasteiger partial charge is 0.239 e. The van der Waals surface area contributed by atoms with Gasteiger partial charge in [0.15, 0.2) is 0 Å². The van der Waals surface area contributed by atoms with E-state index in [1.54, 1.807) is 20.8 Å². The lowest BCUT2D eigenvalue weighted by Crippen LogP contribution is -2.33. The molecule has 0 saturated carbocycles. The van der Waals surface area contributed by atoms with Crippen molar-refractivity contribution in [2.45, 2.75) is 26.8 Å². The molecule has 1 aromatic rings. The molecular formula is C9H16N6O. The molecule has 1 amide bonds. The van der Waals surface area contributed by atoms with Crippen LogP contribution in [0.2, 0.25) is 0 Å². The summed E-state index contributed by atoms with van der Waals surface area (Å²) in [5.41, 5.74) is 8.37. The van der Waals surface area contributed by atoms with Crippen molar-refractivity contribution in [3.63, 3.8) is 0 Å². The van der Waals surface area contributed by atoms with Gasteiger partial charge in [-0.25, -0.2) is 15.8 Å². The number of anilines is 2. The number of primary amides is 1. The van der Waals surface area contributed by atoms with Gasteiger partial charge in [-0.3, -0.25) is 4.79 Å².